The van der Waals surface area contributed by atoms with Crippen molar-refractivity contribution in [2.75, 3.05) is 18.9 Å². The van der Waals surface area contributed by atoms with Crippen LogP contribution in [0.25, 0.3) is 11.1 Å². The summed E-state index contributed by atoms with van der Waals surface area (Å²) in [7, 11) is 0. The highest BCUT2D eigenvalue weighted by atomic mass is 32.1. The van der Waals surface area contributed by atoms with Crippen molar-refractivity contribution in [3.8, 4) is 16.9 Å². The third-order valence-electron chi connectivity index (χ3n) is 3.52. The normalized spacial score (nSPS) is 13.4. The summed E-state index contributed by atoms with van der Waals surface area (Å²) in [6, 6.07) is 6.01. The fourth-order valence-corrected chi connectivity index (χ4v) is 3.34. The van der Waals surface area contributed by atoms with E-state index in [4.69, 9.17) is 15.2 Å². The molecule has 0 saturated heterocycles. The minimum atomic E-state index is -0.361. The maximum absolute atomic E-state index is 12.1. The van der Waals surface area contributed by atoms with Gasteiger partial charge in [0.05, 0.1) is 13.2 Å². The fourth-order valence-electron chi connectivity index (χ4n) is 2.53. The van der Waals surface area contributed by atoms with E-state index in [9.17, 15) is 4.79 Å². The lowest BCUT2D eigenvalue weighted by atomic mass is 9.98. The molecule has 1 aliphatic rings. The lowest BCUT2D eigenvalue weighted by Crippen LogP contribution is -2.09. The smallest absolute Gasteiger partial charge is 0.341 e. The Hall–Kier alpha value is -2.01. The molecule has 1 aromatic carbocycles. The van der Waals surface area contributed by atoms with Crippen molar-refractivity contribution < 1.29 is 14.3 Å². The summed E-state index contributed by atoms with van der Waals surface area (Å²) in [4.78, 5) is 12.1. The molecular formula is C16H17NO3S. The van der Waals surface area contributed by atoms with Crippen LogP contribution in [0.4, 0.5) is 5.00 Å². The lowest BCUT2D eigenvalue weighted by Gasteiger charge is -2.18. The Labute approximate surface area is 127 Å². The average Bonchev–Trinajstić information content (AvgIpc) is 2.89. The summed E-state index contributed by atoms with van der Waals surface area (Å²) in [5, 5.41) is 2.41. The van der Waals surface area contributed by atoms with Gasteiger partial charge in [0.15, 0.2) is 0 Å². The summed E-state index contributed by atoms with van der Waals surface area (Å²) < 4.78 is 10.7. The van der Waals surface area contributed by atoms with Gasteiger partial charge in [-0.1, -0.05) is 6.07 Å². The number of rotatable bonds is 3. The second-order valence-electron chi connectivity index (χ2n) is 4.88. The van der Waals surface area contributed by atoms with Gasteiger partial charge in [0.1, 0.15) is 16.3 Å². The Balaban J connectivity index is 2.03. The number of nitrogens with two attached hydrogens (primary N) is 1. The number of nitrogen functional groups attached to an aromatic ring is 1. The molecule has 1 aromatic heterocycles. The highest BCUT2D eigenvalue weighted by Gasteiger charge is 2.21. The second kappa shape index (κ2) is 5.77. The van der Waals surface area contributed by atoms with E-state index in [1.165, 1.54) is 16.9 Å². The largest absolute Gasteiger partial charge is 0.493 e. The standard InChI is InChI=1S/C16H17NO3S/c1-2-19-16(18)14-12(9-21-15(14)17)10-5-6-13-11(8-10)4-3-7-20-13/h5-6,8-9H,2-4,7,17H2,1H3. The first kappa shape index (κ1) is 13.9. The maximum Gasteiger partial charge on any atom is 0.341 e. The number of carbonyl (C=O) groups excluding carboxylic acids is 1. The van der Waals surface area contributed by atoms with Gasteiger partial charge in [-0.25, -0.2) is 4.79 Å². The van der Waals surface area contributed by atoms with Gasteiger partial charge in [0, 0.05) is 10.9 Å². The molecular weight excluding hydrogens is 286 g/mol. The Morgan fingerprint density at radius 2 is 2.33 bits per heavy atom. The monoisotopic (exact) mass is 303 g/mol. The summed E-state index contributed by atoms with van der Waals surface area (Å²) in [5.41, 5.74) is 9.41. The number of anilines is 1. The van der Waals surface area contributed by atoms with E-state index in [1.54, 1.807) is 6.92 Å². The molecule has 0 bridgehead atoms. The van der Waals surface area contributed by atoms with Crippen molar-refractivity contribution in [2.24, 2.45) is 0 Å². The Bertz CT molecular complexity index is 678. The topological polar surface area (TPSA) is 61.5 Å². The summed E-state index contributed by atoms with van der Waals surface area (Å²) >= 11 is 1.36. The van der Waals surface area contributed by atoms with Crippen LogP contribution >= 0.6 is 11.3 Å². The van der Waals surface area contributed by atoms with E-state index < -0.39 is 0 Å². The average molecular weight is 303 g/mol. The van der Waals surface area contributed by atoms with Crippen LogP contribution < -0.4 is 10.5 Å². The molecule has 3 rings (SSSR count). The van der Waals surface area contributed by atoms with Gasteiger partial charge in [-0.2, -0.15) is 0 Å². The van der Waals surface area contributed by atoms with Crippen molar-refractivity contribution in [3.63, 3.8) is 0 Å². The number of hydrogen-bond donors (Lipinski definition) is 1. The maximum atomic E-state index is 12.1. The highest BCUT2D eigenvalue weighted by molar-refractivity contribution is 7.14. The predicted octanol–water partition coefficient (Wildman–Crippen LogP) is 3.50. The zero-order chi connectivity index (χ0) is 14.8. The zero-order valence-corrected chi connectivity index (χ0v) is 12.7. The van der Waals surface area contributed by atoms with Crippen LogP contribution in [0.3, 0.4) is 0 Å². The lowest BCUT2D eigenvalue weighted by molar-refractivity contribution is 0.0529. The minimum Gasteiger partial charge on any atom is -0.493 e. The van der Waals surface area contributed by atoms with E-state index in [0.717, 1.165) is 36.3 Å². The summed E-state index contributed by atoms with van der Waals surface area (Å²) in [6.07, 6.45) is 2.02. The van der Waals surface area contributed by atoms with Gasteiger partial charge in [-0.05, 0) is 43.0 Å². The molecule has 0 aliphatic carbocycles. The Morgan fingerprint density at radius 3 is 3.14 bits per heavy atom. The summed E-state index contributed by atoms with van der Waals surface area (Å²) in [5.74, 6) is 0.575. The van der Waals surface area contributed by atoms with E-state index >= 15 is 0 Å². The van der Waals surface area contributed by atoms with Crippen molar-refractivity contribution in [3.05, 3.63) is 34.7 Å². The minimum absolute atomic E-state index is 0.339. The number of benzene rings is 1. The molecule has 110 valence electrons. The third-order valence-corrected chi connectivity index (χ3v) is 4.33. The number of hydrogen-bond acceptors (Lipinski definition) is 5. The molecule has 2 aromatic rings. The Morgan fingerprint density at radius 1 is 1.48 bits per heavy atom. The second-order valence-corrected chi connectivity index (χ2v) is 5.79. The zero-order valence-electron chi connectivity index (χ0n) is 11.8. The molecule has 21 heavy (non-hydrogen) atoms. The van der Waals surface area contributed by atoms with E-state index in [0.29, 0.717) is 17.2 Å². The van der Waals surface area contributed by atoms with Crippen LogP contribution in [-0.4, -0.2) is 19.2 Å². The third kappa shape index (κ3) is 2.61. The number of ether oxygens (including phenoxy) is 2. The van der Waals surface area contributed by atoms with Crippen LogP contribution in [0.15, 0.2) is 23.6 Å². The fraction of sp³-hybridized carbons (Fsp3) is 0.312. The van der Waals surface area contributed by atoms with Crippen molar-refractivity contribution >= 4 is 22.3 Å². The van der Waals surface area contributed by atoms with Gasteiger partial charge in [-0.15, -0.1) is 11.3 Å². The molecule has 0 radical (unpaired) electrons. The van der Waals surface area contributed by atoms with Crippen molar-refractivity contribution in [1.29, 1.82) is 0 Å². The number of thiophene rings is 1. The first-order chi connectivity index (χ1) is 10.2. The van der Waals surface area contributed by atoms with Gasteiger partial charge >= 0.3 is 5.97 Å². The SMILES string of the molecule is CCOC(=O)c1c(-c2ccc3c(c2)CCCO3)csc1N. The van der Waals surface area contributed by atoms with E-state index in [2.05, 4.69) is 6.07 Å². The summed E-state index contributed by atoms with van der Waals surface area (Å²) in [6.45, 7) is 2.90. The molecule has 0 atom stereocenters. The molecule has 0 fully saturated rings. The molecule has 0 saturated carbocycles. The number of carbonyl (C=O) groups is 1. The van der Waals surface area contributed by atoms with Crippen LogP contribution in [0.2, 0.25) is 0 Å². The molecule has 0 amide bonds. The molecule has 1 aliphatic heterocycles. The van der Waals surface area contributed by atoms with E-state index in [-0.39, 0.29) is 5.97 Å². The quantitative estimate of drug-likeness (QED) is 0.882. The highest BCUT2D eigenvalue weighted by Crippen LogP contribution is 2.37. The van der Waals surface area contributed by atoms with Gasteiger partial charge < -0.3 is 15.2 Å². The number of aryl methyl sites for hydroxylation is 1. The van der Waals surface area contributed by atoms with E-state index in [1.807, 2.05) is 17.5 Å². The molecule has 4 nitrogen and oxygen atoms in total. The molecule has 5 heteroatoms. The number of esters is 1. The van der Waals surface area contributed by atoms with Gasteiger partial charge in [-0.3, -0.25) is 0 Å². The van der Waals surface area contributed by atoms with Crippen molar-refractivity contribution in [1.82, 2.24) is 0 Å². The molecule has 0 spiro atoms. The van der Waals surface area contributed by atoms with Crippen LogP contribution in [0, 0.1) is 0 Å². The number of fused-ring (bicyclic) bond motifs is 1. The first-order valence-corrected chi connectivity index (χ1v) is 7.89. The molecule has 0 unspecified atom stereocenters. The first-order valence-electron chi connectivity index (χ1n) is 7.01. The predicted molar refractivity (Wildman–Crippen MR) is 83.9 cm³/mol. The van der Waals surface area contributed by atoms with Crippen LogP contribution in [-0.2, 0) is 11.2 Å². The van der Waals surface area contributed by atoms with Crippen molar-refractivity contribution in [2.45, 2.75) is 19.8 Å². The van der Waals surface area contributed by atoms with Crippen LogP contribution in [0.5, 0.6) is 5.75 Å². The Kier molecular flexibility index (Phi) is 3.84. The molecule has 2 N–H and O–H groups in total. The molecule has 2 heterocycles. The van der Waals surface area contributed by atoms with Gasteiger partial charge in [0.2, 0.25) is 0 Å². The van der Waals surface area contributed by atoms with Gasteiger partial charge in [0.25, 0.3) is 0 Å². The van der Waals surface area contributed by atoms with Crippen LogP contribution in [0.1, 0.15) is 29.3 Å².